The largest absolute Gasteiger partial charge is 0.388 e. The second kappa shape index (κ2) is 6.76. The minimum Gasteiger partial charge on any atom is -0.388 e. The molecule has 1 unspecified atom stereocenters. The topological polar surface area (TPSA) is 23.5 Å². The Bertz CT molecular complexity index is 391. The van der Waals surface area contributed by atoms with Gasteiger partial charge >= 0.3 is 0 Å². The third-order valence-corrected chi connectivity index (χ3v) is 4.06. The van der Waals surface area contributed by atoms with E-state index in [9.17, 15) is 5.11 Å². The smallest absolute Gasteiger partial charge is 0.0817 e. The number of hydrogen-bond acceptors (Lipinski definition) is 2. The highest BCUT2D eigenvalue weighted by Gasteiger charge is 2.15. The first-order valence-electron chi connectivity index (χ1n) is 6.52. The molecule has 2 rings (SSSR count). The minimum atomic E-state index is -0.530. The van der Waals surface area contributed by atoms with Crippen molar-refractivity contribution >= 4 is 23.2 Å². The fraction of sp³-hybridized carbons (Fsp3) is 0.571. The normalized spacial score (nSPS) is 18.8. The second-order valence-corrected chi connectivity index (χ2v) is 5.72. The van der Waals surface area contributed by atoms with Crippen molar-refractivity contribution in [2.75, 3.05) is 19.6 Å². The molecule has 1 aromatic rings. The summed E-state index contributed by atoms with van der Waals surface area (Å²) in [6.07, 6.45) is 4.06. The number of aliphatic hydroxyl groups is 1. The van der Waals surface area contributed by atoms with E-state index < -0.39 is 6.10 Å². The number of piperidine rings is 1. The number of benzene rings is 1. The van der Waals surface area contributed by atoms with Crippen LogP contribution in [0, 0.1) is 0 Å². The quantitative estimate of drug-likeness (QED) is 0.908. The van der Waals surface area contributed by atoms with Crippen molar-refractivity contribution in [2.45, 2.75) is 31.8 Å². The number of rotatable bonds is 4. The van der Waals surface area contributed by atoms with Crippen LogP contribution in [0.2, 0.25) is 10.0 Å². The summed E-state index contributed by atoms with van der Waals surface area (Å²) in [5.74, 6) is 0. The van der Waals surface area contributed by atoms with Crippen molar-refractivity contribution in [3.05, 3.63) is 33.8 Å². The number of halogens is 2. The van der Waals surface area contributed by atoms with E-state index in [0.717, 1.165) is 25.2 Å². The van der Waals surface area contributed by atoms with E-state index in [-0.39, 0.29) is 0 Å². The molecule has 1 fully saturated rings. The van der Waals surface area contributed by atoms with Crippen molar-refractivity contribution in [1.82, 2.24) is 4.90 Å². The summed E-state index contributed by atoms with van der Waals surface area (Å²) < 4.78 is 0. The lowest BCUT2D eigenvalue weighted by molar-refractivity contribution is 0.134. The lowest BCUT2D eigenvalue weighted by Gasteiger charge is -2.27. The number of aliphatic hydroxyl groups excluding tert-OH is 1. The van der Waals surface area contributed by atoms with Crippen LogP contribution in [0.3, 0.4) is 0 Å². The van der Waals surface area contributed by atoms with Crippen LogP contribution in [0.1, 0.15) is 37.4 Å². The van der Waals surface area contributed by atoms with E-state index in [4.69, 9.17) is 23.2 Å². The molecular weight excluding hydrogens is 269 g/mol. The summed E-state index contributed by atoms with van der Waals surface area (Å²) >= 11 is 12.0. The Kier molecular flexibility index (Phi) is 5.31. The maximum Gasteiger partial charge on any atom is 0.0817 e. The van der Waals surface area contributed by atoms with Gasteiger partial charge in [0.1, 0.15) is 0 Å². The molecule has 4 heteroatoms. The standard InChI is InChI=1S/C14H19Cl2NO/c15-11-4-5-13(16)12(10-11)14(18)6-9-17-7-2-1-3-8-17/h4-5,10,14,18H,1-3,6-9H2. The van der Waals surface area contributed by atoms with Crippen molar-refractivity contribution in [3.8, 4) is 0 Å². The highest BCUT2D eigenvalue weighted by atomic mass is 35.5. The highest BCUT2D eigenvalue weighted by molar-refractivity contribution is 6.33. The Morgan fingerprint density at radius 1 is 1.17 bits per heavy atom. The average Bonchev–Trinajstić information content (AvgIpc) is 2.40. The molecule has 1 heterocycles. The van der Waals surface area contributed by atoms with E-state index in [0.29, 0.717) is 16.5 Å². The second-order valence-electron chi connectivity index (χ2n) is 4.87. The summed E-state index contributed by atoms with van der Waals surface area (Å²) in [6.45, 7) is 3.22. The SMILES string of the molecule is OC(CCN1CCCCC1)c1cc(Cl)ccc1Cl. The number of nitrogens with zero attached hydrogens (tertiary/aromatic N) is 1. The third kappa shape index (κ3) is 3.86. The van der Waals surface area contributed by atoms with Crippen LogP contribution < -0.4 is 0 Å². The molecule has 0 aromatic heterocycles. The van der Waals surface area contributed by atoms with Gasteiger partial charge in [0.05, 0.1) is 6.10 Å². The molecule has 0 aliphatic carbocycles. The predicted octanol–water partition coefficient (Wildman–Crippen LogP) is 3.90. The van der Waals surface area contributed by atoms with Gasteiger partial charge in [-0.1, -0.05) is 29.6 Å². The molecule has 0 radical (unpaired) electrons. The van der Waals surface area contributed by atoms with Gasteiger partial charge in [-0.15, -0.1) is 0 Å². The summed E-state index contributed by atoms with van der Waals surface area (Å²) in [6, 6.07) is 5.23. The van der Waals surface area contributed by atoms with Gasteiger partial charge in [-0.2, -0.15) is 0 Å². The molecule has 1 aliphatic rings. The van der Waals surface area contributed by atoms with Crippen molar-refractivity contribution in [2.24, 2.45) is 0 Å². The molecule has 0 spiro atoms. The molecule has 1 N–H and O–H groups in total. The van der Waals surface area contributed by atoms with Crippen LogP contribution in [0.4, 0.5) is 0 Å². The van der Waals surface area contributed by atoms with Crippen LogP contribution in [0.25, 0.3) is 0 Å². The molecule has 2 nitrogen and oxygen atoms in total. The summed E-state index contributed by atoms with van der Waals surface area (Å²) in [5.41, 5.74) is 0.737. The van der Waals surface area contributed by atoms with Gasteiger partial charge in [0, 0.05) is 22.2 Å². The van der Waals surface area contributed by atoms with Crippen LogP contribution in [-0.4, -0.2) is 29.6 Å². The monoisotopic (exact) mass is 287 g/mol. The summed E-state index contributed by atoms with van der Waals surface area (Å²) in [5, 5.41) is 11.4. The highest BCUT2D eigenvalue weighted by Crippen LogP contribution is 2.28. The van der Waals surface area contributed by atoms with Crippen molar-refractivity contribution < 1.29 is 5.11 Å². The Morgan fingerprint density at radius 3 is 2.61 bits per heavy atom. The zero-order valence-electron chi connectivity index (χ0n) is 10.4. The maximum atomic E-state index is 10.2. The lowest BCUT2D eigenvalue weighted by atomic mass is 10.1. The van der Waals surface area contributed by atoms with Gasteiger partial charge in [0.15, 0.2) is 0 Å². The molecule has 1 aromatic carbocycles. The third-order valence-electron chi connectivity index (χ3n) is 3.48. The molecule has 1 aliphatic heterocycles. The van der Waals surface area contributed by atoms with Crippen molar-refractivity contribution in [1.29, 1.82) is 0 Å². The van der Waals surface area contributed by atoms with Gasteiger partial charge in [-0.25, -0.2) is 0 Å². The Morgan fingerprint density at radius 2 is 1.89 bits per heavy atom. The fourth-order valence-electron chi connectivity index (χ4n) is 2.41. The molecule has 1 atom stereocenters. The van der Waals surface area contributed by atoms with Gasteiger partial charge in [-0.3, -0.25) is 0 Å². The van der Waals surface area contributed by atoms with Crippen LogP contribution in [0.15, 0.2) is 18.2 Å². The Hall–Kier alpha value is -0.280. The summed E-state index contributed by atoms with van der Waals surface area (Å²) in [7, 11) is 0. The maximum absolute atomic E-state index is 10.2. The molecule has 100 valence electrons. The van der Waals surface area contributed by atoms with Crippen LogP contribution >= 0.6 is 23.2 Å². The first-order chi connectivity index (χ1) is 8.66. The van der Waals surface area contributed by atoms with Gasteiger partial charge in [-0.05, 0) is 50.6 Å². The van der Waals surface area contributed by atoms with E-state index in [1.165, 1.54) is 19.3 Å². The van der Waals surface area contributed by atoms with Gasteiger partial charge in [0.2, 0.25) is 0 Å². The van der Waals surface area contributed by atoms with E-state index in [2.05, 4.69) is 4.90 Å². The fourth-order valence-corrected chi connectivity index (χ4v) is 2.84. The molecule has 1 saturated heterocycles. The van der Waals surface area contributed by atoms with Gasteiger partial charge < -0.3 is 10.0 Å². The zero-order chi connectivity index (χ0) is 13.0. The first kappa shape index (κ1) is 14.1. The van der Waals surface area contributed by atoms with E-state index in [1.54, 1.807) is 18.2 Å². The van der Waals surface area contributed by atoms with Crippen molar-refractivity contribution in [3.63, 3.8) is 0 Å². The molecule has 0 saturated carbocycles. The predicted molar refractivity (Wildman–Crippen MR) is 76.3 cm³/mol. The Labute approximate surface area is 119 Å². The van der Waals surface area contributed by atoms with E-state index in [1.807, 2.05) is 0 Å². The summed E-state index contributed by atoms with van der Waals surface area (Å²) in [4.78, 5) is 2.41. The Balaban J connectivity index is 1.90. The molecule has 0 amide bonds. The number of hydrogen-bond donors (Lipinski definition) is 1. The first-order valence-corrected chi connectivity index (χ1v) is 7.28. The average molecular weight is 288 g/mol. The lowest BCUT2D eigenvalue weighted by Crippen LogP contribution is -2.31. The van der Waals surface area contributed by atoms with Crippen LogP contribution in [-0.2, 0) is 0 Å². The van der Waals surface area contributed by atoms with E-state index >= 15 is 0 Å². The molecular formula is C14H19Cl2NO. The van der Waals surface area contributed by atoms with Gasteiger partial charge in [0.25, 0.3) is 0 Å². The zero-order valence-corrected chi connectivity index (χ0v) is 11.9. The van der Waals surface area contributed by atoms with Crippen LogP contribution in [0.5, 0.6) is 0 Å². The number of likely N-dealkylation sites (tertiary alicyclic amines) is 1. The molecule has 0 bridgehead atoms. The minimum absolute atomic E-state index is 0.530. The molecule has 18 heavy (non-hydrogen) atoms.